The first-order chi connectivity index (χ1) is 10.3. The molecule has 2 N–H and O–H groups in total. The van der Waals surface area contributed by atoms with Gasteiger partial charge < -0.3 is 5.11 Å². The van der Waals surface area contributed by atoms with Crippen LogP contribution in [-0.4, -0.2) is 21.5 Å². The van der Waals surface area contributed by atoms with E-state index in [1.54, 1.807) is 24.4 Å². The molecule has 0 radical (unpaired) electrons. The summed E-state index contributed by atoms with van der Waals surface area (Å²) in [5.41, 5.74) is 4.47. The third-order valence-electron chi connectivity index (χ3n) is 2.75. The van der Waals surface area contributed by atoms with Crippen molar-refractivity contribution in [3.05, 3.63) is 60.2 Å². The van der Waals surface area contributed by atoms with Crippen LogP contribution in [0.4, 0.5) is 5.13 Å². The molecule has 0 fully saturated rings. The quantitative estimate of drug-likeness (QED) is 0.572. The summed E-state index contributed by atoms with van der Waals surface area (Å²) < 4.78 is 0. The van der Waals surface area contributed by atoms with Crippen LogP contribution in [0, 0.1) is 0 Å². The van der Waals surface area contributed by atoms with Gasteiger partial charge in [-0.1, -0.05) is 53.8 Å². The molecule has 0 bridgehead atoms. The predicted molar refractivity (Wildman–Crippen MR) is 84.7 cm³/mol. The molecule has 0 aliphatic heterocycles. The van der Waals surface area contributed by atoms with Gasteiger partial charge in [-0.3, -0.25) is 5.43 Å². The van der Waals surface area contributed by atoms with Crippen LogP contribution < -0.4 is 5.43 Å². The van der Waals surface area contributed by atoms with Gasteiger partial charge in [0, 0.05) is 11.1 Å². The number of aromatic hydroxyl groups is 1. The van der Waals surface area contributed by atoms with Crippen molar-refractivity contribution in [1.29, 1.82) is 0 Å². The van der Waals surface area contributed by atoms with Crippen LogP contribution in [-0.2, 0) is 0 Å². The first kappa shape index (κ1) is 13.3. The molecule has 2 aromatic carbocycles. The molecule has 0 unspecified atom stereocenters. The average molecular weight is 296 g/mol. The molecule has 0 saturated heterocycles. The van der Waals surface area contributed by atoms with E-state index in [0.29, 0.717) is 10.7 Å². The molecule has 0 amide bonds. The second-order valence-electron chi connectivity index (χ2n) is 4.21. The zero-order valence-corrected chi connectivity index (χ0v) is 11.8. The van der Waals surface area contributed by atoms with E-state index in [9.17, 15) is 5.11 Å². The highest BCUT2D eigenvalue weighted by molar-refractivity contribution is 7.18. The number of phenolic OH excluding ortho intramolecular Hbond substituents is 1. The molecular weight excluding hydrogens is 284 g/mol. The highest BCUT2D eigenvalue weighted by atomic mass is 32.1. The fraction of sp³-hybridized carbons (Fsp3) is 0. The van der Waals surface area contributed by atoms with Gasteiger partial charge in [-0.15, -0.1) is 10.2 Å². The minimum atomic E-state index is 0.185. The van der Waals surface area contributed by atoms with Crippen LogP contribution in [0.1, 0.15) is 5.56 Å². The molecule has 0 aliphatic carbocycles. The lowest BCUT2D eigenvalue weighted by Gasteiger charge is -1.96. The van der Waals surface area contributed by atoms with E-state index < -0.39 is 0 Å². The number of aromatic nitrogens is 2. The molecule has 3 aromatic rings. The molecule has 21 heavy (non-hydrogen) atoms. The van der Waals surface area contributed by atoms with E-state index in [1.165, 1.54) is 11.3 Å². The number of rotatable bonds is 4. The molecular formula is C15H12N4OS. The van der Waals surface area contributed by atoms with E-state index in [4.69, 9.17) is 0 Å². The van der Waals surface area contributed by atoms with Gasteiger partial charge in [0.15, 0.2) is 0 Å². The van der Waals surface area contributed by atoms with Crippen molar-refractivity contribution in [2.75, 3.05) is 5.43 Å². The number of phenols is 1. The number of para-hydroxylation sites is 1. The zero-order chi connectivity index (χ0) is 14.5. The summed E-state index contributed by atoms with van der Waals surface area (Å²) in [5, 5.41) is 23.2. The molecule has 104 valence electrons. The number of hydrazone groups is 1. The van der Waals surface area contributed by atoms with Crippen molar-refractivity contribution in [1.82, 2.24) is 10.2 Å². The molecule has 5 nitrogen and oxygen atoms in total. The number of hydrogen-bond acceptors (Lipinski definition) is 6. The standard InChI is InChI=1S/C15H12N4OS/c20-13-9-5-4-8-12(13)10-16-18-15-19-17-14(21-15)11-6-2-1-3-7-11/h1-10,20H,(H,18,19)/b16-10-. The Morgan fingerprint density at radius 3 is 2.57 bits per heavy atom. The summed E-state index contributed by atoms with van der Waals surface area (Å²) in [6.45, 7) is 0. The van der Waals surface area contributed by atoms with Crippen LogP contribution in [0.3, 0.4) is 0 Å². The lowest BCUT2D eigenvalue weighted by atomic mass is 10.2. The topological polar surface area (TPSA) is 70.4 Å². The van der Waals surface area contributed by atoms with Crippen molar-refractivity contribution in [3.8, 4) is 16.3 Å². The first-order valence-corrected chi connectivity index (χ1v) is 7.10. The van der Waals surface area contributed by atoms with Gasteiger partial charge in [0.2, 0.25) is 5.13 Å². The lowest BCUT2D eigenvalue weighted by Crippen LogP contribution is -1.90. The number of benzene rings is 2. The minimum absolute atomic E-state index is 0.185. The Morgan fingerprint density at radius 1 is 1.00 bits per heavy atom. The third kappa shape index (κ3) is 3.24. The van der Waals surface area contributed by atoms with Crippen molar-refractivity contribution >= 4 is 22.7 Å². The second-order valence-corrected chi connectivity index (χ2v) is 5.18. The number of anilines is 1. The number of nitrogens with zero attached hydrogens (tertiary/aromatic N) is 3. The number of hydrogen-bond donors (Lipinski definition) is 2. The summed E-state index contributed by atoms with van der Waals surface area (Å²) in [6, 6.07) is 16.8. The van der Waals surface area contributed by atoms with Crippen molar-refractivity contribution in [2.24, 2.45) is 5.10 Å². The highest BCUT2D eigenvalue weighted by Crippen LogP contribution is 2.25. The SMILES string of the molecule is Oc1ccccc1/C=N\Nc1nnc(-c2ccccc2)s1. The summed E-state index contributed by atoms with van der Waals surface area (Å²) in [6.07, 6.45) is 1.54. The van der Waals surface area contributed by atoms with Gasteiger partial charge in [0.1, 0.15) is 10.8 Å². The summed E-state index contributed by atoms with van der Waals surface area (Å²) >= 11 is 1.42. The van der Waals surface area contributed by atoms with E-state index in [2.05, 4.69) is 20.7 Å². The Kier molecular flexibility index (Phi) is 3.88. The molecule has 6 heteroatoms. The molecule has 0 aliphatic rings. The van der Waals surface area contributed by atoms with Gasteiger partial charge in [-0.2, -0.15) is 5.10 Å². The Labute approximate surface area is 125 Å². The lowest BCUT2D eigenvalue weighted by molar-refractivity contribution is 0.474. The van der Waals surface area contributed by atoms with Crippen LogP contribution in [0.25, 0.3) is 10.6 Å². The molecule has 0 spiro atoms. The van der Waals surface area contributed by atoms with Gasteiger partial charge in [-0.25, -0.2) is 0 Å². The Bertz CT molecular complexity index is 755. The van der Waals surface area contributed by atoms with Gasteiger partial charge in [0.05, 0.1) is 6.21 Å². The summed E-state index contributed by atoms with van der Waals surface area (Å²) in [5.74, 6) is 0.185. The third-order valence-corrected chi connectivity index (χ3v) is 3.62. The molecule has 3 rings (SSSR count). The fourth-order valence-electron chi connectivity index (χ4n) is 1.72. The largest absolute Gasteiger partial charge is 0.507 e. The Morgan fingerprint density at radius 2 is 1.76 bits per heavy atom. The van der Waals surface area contributed by atoms with E-state index >= 15 is 0 Å². The first-order valence-electron chi connectivity index (χ1n) is 6.29. The van der Waals surface area contributed by atoms with E-state index in [1.807, 2.05) is 36.4 Å². The number of nitrogens with one attached hydrogen (secondary N) is 1. The van der Waals surface area contributed by atoms with Gasteiger partial charge >= 0.3 is 0 Å². The predicted octanol–water partition coefficient (Wildman–Crippen LogP) is 3.36. The Hall–Kier alpha value is -2.73. The van der Waals surface area contributed by atoms with Crippen molar-refractivity contribution < 1.29 is 5.11 Å². The second kappa shape index (κ2) is 6.15. The van der Waals surface area contributed by atoms with Crippen LogP contribution in [0.5, 0.6) is 5.75 Å². The fourth-order valence-corrected chi connectivity index (χ4v) is 2.42. The summed E-state index contributed by atoms with van der Waals surface area (Å²) in [4.78, 5) is 0. The highest BCUT2D eigenvalue weighted by Gasteiger charge is 2.04. The van der Waals surface area contributed by atoms with Crippen molar-refractivity contribution in [2.45, 2.75) is 0 Å². The average Bonchev–Trinajstić information content (AvgIpc) is 2.99. The maximum Gasteiger partial charge on any atom is 0.226 e. The van der Waals surface area contributed by atoms with Crippen LogP contribution >= 0.6 is 11.3 Å². The molecule has 1 heterocycles. The van der Waals surface area contributed by atoms with E-state index in [0.717, 1.165) is 10.6 Å². The van der Waals surface area contributed by atoms with Gasteiger partial charge in [-0.05, 0) is 12.1 Å². The maximum atomic E-state index is 9.62. The molecule has 1 aromatic heterocycles. The minimum Gasteiger partial charge on any atom is -0.507 e. The normalized spacial score (nSPS) is 10.9. The van der Waals surface area contributed by atoms with Gasteiger partial charge in [0.25, 0.3) is 0 Å². The molecule has 0 saturated carbocycles. The van der Waals surface area contributed by atoms with Crippen molar-refractivity contribution in [3.63, 3.8) is 0 Å². The Balaban J connectivity index is 1.70. The van der Waals surface area contributed by atoms with Crippen LogP contribution in [0.15, 0.2) is 59.7 Å². The van der Waals surface area contributed by atoms with Crippen LogP contribution in [0.2, 0.25) is 0 Å². The smallest absolute Gasteiger partial charge is 0.226 e. The zero-order valence-electron chi connectivity index (χ0n) is 11.0. The summed E-state index contributed by atoms with van der Waals surface area (Å²) in [7, 11) is 0. The monoisotopic (exact) mass is 296 g/mol. The van der Waals surface area contributed by atoms with E-state index in [-0.39, 0.29) is 5.75 Å². The maximum absolute atomic E-state index is 9.62. The molecule has 0 atom stereocenters.